The summed E-state index contributed by atoms with van der Waals surface area (Å²) < 4.78 is 5.82. The number of carbonyl (C=O) groups excluding carboxylic acids is 2. The molecular weight excluding hydrogens is 378 g/mol. The van der Waals surface area contributed by atoms with Crippen LogP contribution in [0.5, 0.6) is 5.75 Å². The Labute approximate surface area is 179 Å². The first kappa shape index (κ1) is 23.4. The molecule has 0 fully saturated rings. The van der Waals surface area contributed by atoms with Gasteiger partial charge in [0.2, 0.25) is 5.91 Å². The van der Waals surface area contributed by atoms with E-state index in [-0.39, 0.29) is 11.8 Å². The van der Waals surface area contributed by atoms with E-state index in [0.717, 1.165) is 30.9 Å². The Balaban J connectivity index is 1.99. The third-order valence-corrected chi connectivity index (χ3v) is 5.01. The van der Waals surface area contributed by atoms with Crippen LogP contribution in [0.15, 0.2) is 54.6 Å². The molecule has 30 heavy (non-hydrogen) atoms. The molecule has 0 aliphatic heterocycles. The van der Waals surface area contributed by atoms with Gasteiger partial charge >= 0.3 is 0 Å². The molecule has 2 aromatic carbocycles. The molecule has 0 radical (unpaired) electrons. The van der Waals surface area contributed by atoms with Crippen LogP contribution in [0.1, 0.15) is 29.8 Å². The first-order valence-electron chi connectivity index (χ1n) is 10.5. The monoisotopic (exact) mass is 411 g/mol. The number of benzene rings is 2. The molecule has 0 unspecified atom stereocenters. The lowest BCUT2D eigenvalue weighted by Gasteiger charge is -2.22. The van der Waals surface area contributed by atoms with E-state index in [1.807, 2.05) is 30.3 Å². The van der Waals surface area contributed by atoms with Crippen LogP contribution in [0.3, 0.4) is 0 Å². The molecule has 0 spiro atoms. The van der Waals surface area contributed by atoms with Crippen LogP contribution in [0.4, 0.5) is 0 Å². The minimum Gasteiger partial charge on any atom is -0.492 e. The minimum atomic E-state index is -0.637. The van der Waals surface area contributed by atoms with Gasteiger partial charge in [0, 0.05) is 32.6 Å². The SMILES string of the molecule is CCN(CC)CCOc1ccc(C[C@H](NC(=O)c2ccccc2)C(=O)N(C)C)cc1. The van der Waals surface area contributed by atoms with E-state index in [2.05, 4.69) is 24.1 Å². The number of amides is 2. The molecule has 0 saturated carbocycles. The lowest BCUT2D eigenvalue weighted by atomic mass is 10.0. The topological polar surface area (TPSA) is 61.9 Å². The summed E-state index contributed by atoms with van der Waals surface area (Å²) in [5.74, 6) is 0.403. The summed E-state index contributed by atoms with van der Waals surface area (Å²) in [6, 6.07) is 16.0. The van der Waals surface area contributed by atoms with Crippen LogP contribution in [-0.4, -0.2) is 68.0 Å². The fourth-order valence-corrected chi connectivity index (χ4v) is 3.13. The van der Waals surface area contributed by atoms with Crippen molar-refractivity contribution >= 4 is 11.8 Å². The van der Waals surface area contributed by atoms with Gasteiger partial charge in [0.15, 0.2) is 0 Å². The van der Waals surface area contributed by atoms with E-state index >= 15 is 0 Å². The molecule has 2 amide bonds. The van der Waals surface area contributed by atoms with Gasteiger partial charge in [0.05, 0.1) is 0 Å². The molecule has 0 aliphatic carbocycles. The largest absolute Gasteiger partial charge is 0.492 e. The number of hydrogen-bond acceptors (Lipinski definition) is 4. The highest BCUT2D eigenvalue weighted by molar-refractivity contribution is 5.97. The van der Waals surface area contributed by atoms with Crippen molar-refractivity contribution in [2.24, 2.45) is 0 Å². The third-order valence-electron chi connectivity index (χ3n) is 5.01. The molecule has 0 saturated heterocycles. The summed E-state index contributed by atoms with van der Waals surface area (Å²) in [5, 5.41) is 2.87. The number of nitrogens with one attached hydrogen (secondary N) is 1. The fraction of sp³-hybridized carbons (Fsp3) is 0.417. The summed E-state index contributed by atoms with van der Waals surface area (Å²) in [4.78, 5) is 29.0. The molecule has 0 bridgehead atoms. The molecule has 6 nitrogen and oxygen atoms in total. The van der Waals surface area contributed by atoms with Gasteiger partial charge in [-0.1, -0.05) is 44.2 Å². The highest BCUT2D eigenvalue weighted by Gasteiger charge is 2.23. The van der Waals surface area contributed by atoms with Crippen LogP contribution >= 0.6 is 0 Å². The zero-order valence-corrected chi connectivity index (χ0v) is 18.4. The van der Waals surface area contributed by atoms with E-state index < -0.39 is 6.04 Å². The summed E-state index contributed by atoms with van der Waals surface area (Å²) >= 11 is 0. The molecule has 2 rings (SSSR count). The molecule has 162 valence electrons. The smallest absolute Gasteiger partial charge is 0.251 e. The van der Waals surface area contributed by atoms with Gasteiger partial charge in [-0.3, -0.25) is 9.59 Å². The van der Waals surface area contributed by atoms with Gasteiger partial charge in [0.25, 0.3) is 5.91 Å². The Morgan fingerprint density at radius 3 is 2.17 bits per heavy atom. The zero-order chi connectivity index (χ0) is 21.9. The van der Waals surface area contributed by atoms with Crippen molar-refractivity contribution in [3.8, 4) is 5.75 Å². The number of likely N-dealkylation sites (N-methyl/N-ethyl adjacent to an activating group) is 2. The highest BCUT2D eigenvalue weighted by Crippen LogP contribution is 2.14. The lowest BCUT2D eigenvalue weighted by Crippen LogP contribution is -2.47. The molecule has 1 atom stereocenters. The van der Waals surface area contributed by atoms with Gasteiger partial charge in [0.1, 0.15) is 18.4 Å². The Kier molecular flexibility index (Phi) is 9.35. The van der Waals surface area contributed by atoms with Crippen molar-refractivity contribution < 1.29 is 14.3 Å². The Hall–Kier alpha value is -2.86. The standard InChI is InChI=1S/C24H33N3O3/c1-5-27(6-2)16-17-30-21-14-12-19(13-15-21)18-22(24(29)26(3)4)25-23(28)20-10-8-7-9-11-20/h7-15,22H,5-6,16-18H2,1-4H3,(H,25,28)/t22-/m0/s1. The van der Waals surface area contributed by atoms with E-state index in [9.17, 15) is 9.59 Å². The van der Waals surface area contributed by atoms with Gasteiger partial charge in [-0.05, 0) is 42.9 Å². The second-order valence-electron chi connectivity index (χ2n) is 7.35. The minimum absolute atomic E-state index is 0.140. The summed E-state index contributed by atoms with van der Waals surface area (Å²) in [6.45, 7) is 7.82. The summed E-state index contributed by atoms with van der Waals surface area (Å²) in [6.07, 6.45) is 0.412. The van der Waals surface area contributed by atoms with Crippen molar-refractivity contribution in [1.29, 1.82) is 0 Å². The van der Waals surface area contributed by atoms with E-state index in [4.69, 9.17) is 4.74 Å². The predicted octanol–water partition coefficient (Wildman–Crippen LogP) is 2.84. The number of carbonyl (C=O) groups is 2. The maximum atomic E-state index is 12.6. The molecule has 0 aliphatic rings. The molecule has 0 aromatic heterocycles. The van der Waals surface area contributed by atoms with Crippen molar-refractivity contribution in [3.05, 3.63) is 65.7 Å². The maximum Gasteiger partial charge on any atom is 0.251 e. The number of rotatable bonds is 11. The summed E-state index contributed by atoms with van der Waals surface area (Å²) in [7, 11) is 3.38. The average Bonchev–Trinajstić information content (AvgIpc) is 2.77. The molecule has 0 heterocycles. The highest BCUT2D eigenvalue weighted by atomic mass is 16.5. The second-order valence-corrected chi connectivity index (χ2v) is 7.35. The normalized spacial score (nSPS) is 11.8. The van der Waals surface area contributed by atoms with E-state index in [1.165, 1.54) is 4.90 Å². The third kappa shape index (κ3) is 7.19. The number of hydrogen-bond donors (Lipinski definition) is 1. The molecule has 6 heteroatoms. The average molecular weight is 412 g/mol. The lowest BCUT2D eigenvalue weighted by molar-refractivity contribution is -0.130. The second kappa shape index (κ2) is 12.0. The van der Waals surface area contributed by atoms with Crippen LogP contribution in [-0.2, 0) is 11.2 Å². The first-order valence-corrected chi connectivity index (χ1v) is 10.5. The van der Waals surface area contributed by atoms with Gasteiger partial charge in [-0.2, -0.15) is 0 Å². The van der Waals surface area contributed by atoms with Gasteiger partial charge in [-0.25, -0.2) is 0 Å². The summed E-state index contributed by atoms with van der Waals surface area (Å²) in [5.41, 5.74) is 1.49. The number of nitrogens with zero attached hydrogens (tertiary/aromatic N) is 2. The van der Waals surface area contributed by atoms with Crippen molar-refractivity contribution in [2.75, 3.05) is 40.3 Å². The first-order chi connectivity index (χ1) is 14.4. The quantitative estimate of drug-likeness (QED) is 0.618. The van der Waals surface area contributed by atoms with Crippen molar-refractivity contribution in [3.63, 3.8) is 0 Å². The fourth-order valence-electron chi connectivity index (χ4n) is 3.13. The van der Waals surface area contributed by atoms with Crippen molar-refractivity contribution in [1.82, 2.24) is 15.1 Å². The van der Waals surface area contributed by atoms with Gasteiger partial charge < -0.3 is 19.9 Å². The van der Waals surface area contributed by atoms with E-state index in [0.29, 0.717) is 18.6 Å². The van der Waals surface area contributed by atoms with Crippen LogP contribution in [0.25, 0.3) is 0 Å². The van der Waals surface area contributed by atoms with Crippen molar-refractivity contribution in [2.45, 2.75) is 26.3 Å². The Bertz CT molecular complexity index is 787. The van der Waals surface area contributed by atoms with Gasteiger partial charge in [-0.15, -0.1) is 0 Å². The zero-order valence-electron chi connectivity index (χ0n) is 18.4. The van der Waals surface area contributed by atoms with E-state index in [1.54, 1.807) is 38.4 Å². The molecular formula is C24H33N3O3. The Morgan fingerprint density at radius 2 is 1.60 bits per heavy atom. The molecule has 1 N–H and O–H groups in total. The number of ether oxygens (including phenoxy) is 1. The predicted molar refractivity (Wildman–Crippen MR) is 120 cm³/mol. The van der Waals surface area contributed by atoms with Crippen LogP contribution < -0.4 is 10.1 Å². The van der Waals surface area contributed by atoms with Crippen LogP contribution in [0, 0.1) is 0 Å². The Morgan fingerprint density at radius 1 is 0.967 bits per heavy atom. The van der Waals surface area contributed by atoms with Crippen LogP contribution in [0.2, 0.25) is 0 Å². The maximum absolute atomic E-state index is 12.6. The molecule has 2 aromatic rings.